The van der Waals surface area contributed by atoms with Gasteiger partial charge in [0, 0.05) is 18.9 Å². The molecule has 1 aromatic carbocycles. The Morgan fingerprint density at radius 3 is 2.28 bits per heavy atom. The summed E-state index contributed by atoms with van der Waals surface area (Å²) in [6, 6.07) is 7.18. The molecule has 2 heterocycles. The third-order valence-electron chi connectivity index (χ3n) is 5.01. The zero-order valence-corrected chi connectivity index (χ0v) is 18.2. The SMILES string of the molecule is CC(C)S(=O)(=O)c1ccc(N2C(=O)N(Cc3ccncc3)C(C)(C)C2=O)cc1Cl. The molecule has 0 N–H and O–H groups in total. The first kappa shape index (κ1) is 21.3. The van der Waals surface area contributed by atoms with Crippen LogP contribution in [0.2, 0.25) is 5.02 Å². The van der Waals surface area contributed by atoms with Crippen molar-refractivity contribution in [2.75, 3.05) is 4.90 Å². The molecule has 3 amide bonds. The number of urea groups is 1. The molecule has 1 aromatic heterocycles. The van der Waals surface area contributed by atoms with Crippen molar-refractivity contribution in [1.82, 2.24) is 9.88 Å². The van der Waals surface area contributed by atoms with Gasteiger partial charge in [0.05, 0.1) is 20.9 Å². The fraction of sp³-hybridized carbons (Fsp3) is 0.350. The second-order valence-electron chi connectivity index (χ2n) is 7.63. The van der Waals surface area contributed by atoms with Gasteiger partial charge >= 0.3 is 6.03 Å². The third kappa shape index (κ3) is 3.62. The molecule has 29 heavy (non-hydrogen) atoms. The molecule has 3 rings (SSSR count). The summed E-state index contributed by atoms with van der Waals surface area (Å²) in [7, 11) is -3.59. The highest BCUT2D eigenvalue weighted by Crippen LogP contribution is 2.36. The molecule has 9 heteroatoms. The summed E-state index contributed by atoms with van der Waals surface area (Å²) < 4.78 is 24.9. The molecular weight excluding hydrogens is 414 g/mol. The number of hydrogen-bond donors (Lipinski definition) is 0. The number of amides is 3. The molecule has 0 atom stereocenters. The lowest BCUT2D eigenvalue weighted by molar-refractivity contribution is -0.123. The van der Waals surface area contributed by atoms with E-state index in [1.807, 2.05) is 0 Å². The molecule has 0 unspecified atom stereocenters. The average Bonchev–Trinajstić information content (AvgIpc) is 2.82. The minimum Gasteiger partial charge on any atom is -0.305 e. The predicted molar refractivity (Wildman–Crippen MR) is 111 cm³/mol. The first-order chi connectivity index (χ1) is 13.5. The van der Waals surface area contributed by atoms with Crippen LogP contribution in [-0.2, 0) is 21.2 Å². The van der Waals surface area contributed by atoms with Crippen LogP contribution >= 0.6 is 11.6 Å². The van der Waals surface area contributed by atoms with Gasteiger partial charge in [0.15, 0.2) is 9.84 Å². The number of benzene rings is 1. The minimum atomic E-state index is -3.59. The van der Waals surface area contributed by atoms with E-state index in [0.717, 1.165) is 10.5 Å². The summed E-state index contributed by atoms with van der Waals surface area (Å²) >= 11 is 6.22. The van der Waals surface area contributed by atoms with Gasteiger partial charge in [0.25, 0.3) is 5.91 Å². The Balaban J connectivity index is 1.98. The summed E-state index contributed by atoms with van der Waals surface area (Å²) in [6.07, 6.45) is 3.24. The second-order valence-corrected chi connectivity index (χ2v) is 10.5. The number of aromatic nitrogens is 1. The standard InChI is InChI=1S/C20H22ClN3O4S/c1-13(2)29(27,28)17-6-5-15(11-16(17)21)24-18(25)20(3,4)23(19(24)26)12-14-7-9-22-10-8-14/h5-11,13H,12H2,1-4H3. The fourth-order valence-corrected chi connectivity index (χ4v) is 4.71. The Kier molecular flexibility index (Phi) is 5.44. The number of carbonyl (C=O) groups is 2. The largest absolute Gasteiger partial charge is 0.332 e. The lowest BCUT2D eigenvalue weighted by Crippen LogP contribution is -2.43. The highest BCUT2D eigenvalue weighted by atomic mass is 35.5. The number of pyridine rings is 1. The summed E-state index contributed by atoms with van der Waals surface area (Å²) in [5.74, 6) is -0.410. The topological polar surface area (TPSA) is 87.7 Å². The molecular formula is C20H22ClN3O4S. The zero-order valence-electron chi connectivity index (χ0n) is 16.6. The monoisotopic (exact) mass is 435 g/mol. The van der Waals surface area contributed by atoms with E-state index in [-0.39, 0.29) is 22.2 Å². The van der Waals surface area contributed by atoms with Crippen molar-refractivity contribution in [2.24, 2.45) is 0 Å². The van der Waals surface area contributed by atoms with Crippen LogP contribution in [0.1, 0.15) is 33.3 Å². The van der Waals surface area contributed by atoms with Crippen LogP contribution in [0.4, 0.5) is 10.5 Å². The Morgan fingerprint density at radius 1 is 1.10 bits per heavy atom. The van der Waals surface area contributed by atoms with Crippen molar-refractivity contribution in [3.63, 3.8) is 0 Å². The Labute approximate surface area is 175 Å². The maximum Gasteiger partial charge on any atom is 0.332 e. The van der Waals surface area contributed by atoms with Crippen molar-refractivity contribution in [1.29, 1.82) is 0 Å². The van der Waals surface area contributed by atoms with E-state index < -0.39 is 32.6 Å². The van der Waals surface area contributed by atoms with Gasteiger partial charge in [-0.25, -0.2) is 18.1 Å². The lowest BCUT2D eigenvalue weighted by Gasteiger charge is -2.27. The molecule has 1 saturated heterocycles. The normalized spacial score (nSPS) is 16.8. The quantitative estimate of drug-likeness (QED) is 0.668. The number of rotatable bonds is 5. The van der Waals surface area contributed by atoms with E-state index >= 15 is 0 Å². The van der Waals surface area contributed by atoms with Gasteiger partial charge in [0.1, 0.15) is 5.54 Å². The number of carbonyl (C=O) groups excluding carboxylic acids is 2. The number of halogens is 1. The number of sulfone groups is 1. The van der Waals surface area contributed by atoms with Crippen LogP contribution in [0.3, 0.4) is 0 Å². The van der Waals surface area contributed by atoms with Gasteiger partial charge in [-0.2, -0.15) is 0 Å². The van der Waals surface area contributed by atoms with E-state index in [1.165, 1.54) is 23.1 Å². The molecule has 0 saturated carbocycles. The molecule has 1 aliphatic heterocycles. The van der Waals surface area contributed by atoms with Crippen LogP contribution in [0.15, 0.2) is 47.6 Å². The molecule has 1 aliphatic rings. The van der Waals surface area contributed by atoms with Crippen molar-refractivity contribution >= 4 is 39.1 Å². The molecule has 7 nitrogen and oxygen atoms in total. The predicted octanol–water partition coefficient (Wildman–Crippen LogP) is 3.66. The highest BCUT2D eigenvalue weighted by molar-refractivity contribution is 7.92. The van der Waals surface area contributed by atoms with E-state index in [0.29, 0.717) is 0 Å². The van der Waals surface area contributed by atoms with Gasteiger partial charge in [-0.05, 0) is 63.6 Å². The number of imide groups is 1. The minimum absolute atomic E-state index is 0.0232. The number of nitrogens with zero attached hydrogens (tertiary/aromatic N) is 3. The van der Waals surface area contributed by atoms with Crippen LogP contribution in [-0.4, -0.2) is 41.0 Å². The molecule has 1 fully saturated rings. The Hall–Kier alpha value is -2.45. The molecule has 0 bridgehead atoms. The van der Waals surface area contributed by atoms with Crippen molar-refractivity contribution in [3.05, 3.63) is 53.3 Å². The second kappa shape index (κ2) is 7.42. The van der Waals surface area contributed by atoms with Gasteiger partial charge in [-0.3, -0.25) is 9.78 Å². The Bertz CT molecular complexity index is 1070. The third-order valence-corrected chi connectivity index (χ3v) is 7.65. The summed E-state index contributed by atoms with van der Waals surface area (Å²) in [6.45, 7) is 6.71. The molecule has 0 aliphatic carbocycles. The van der Waals surface area contributed by atoms with Crippen LogP contribution < -0.4 is 4.90 Å². The fourth-order valence-electron chi connectivity index (χ4n) is 3.11. The van der Waals surface area contributed by atoms with Gasteiger partial charge in [-0.15, -0.1) is 0 Å². The summed E-state index contributed by atoms with van der Waals surface area (Å²) in [5, 5.41) is -0.669. The van der Waals surface area contributed by atoms with Gasteiger partial charge < -0.3 is 4.90 Å². The molecule has 0 radical (unpaired) electrons. The van der Waals surface area contributed by atoms with E-state index in [9.17, 15) is 18.0 Å². The van der Waals surface area contributed by atoms with Gasteiger partial charge in [0.2, 0.25) is 0 Å². The average molecular weight is 436 g/mol. The highest BCUT2D eigenvalue weighted by Gasteiger charge is 2.51. The van der Waals surface area contributed by atoms with Crippen molar-refractivity contribution in [2.45, 2.75) is 49.9 Å². The molecule has 2 aromatic rings. The smallest absolute Gasteiger partial charge is 0.305 e. The van der Waals surface area contributed by atoms with Crippen molar-refractivity contribution < 1.29 is 18.0 Å². The number of hydrogen-bond acceptors (Lipinski definition) is 5. The maximum absolute atomic E-state index is 13.1. The molecule has 154 valence electrons. The van der Waals surface area contributed by atoms with Crippen LogP contribution in [0, 0.1) is 0 Å². The van der Waals surface area contributed by atoms with Crippen molar-refractivity contribution in [3.8, 4) is 0 Å². The zero-order chi connectivity index (χ0) is 21.6. The Morgan fingerprint density at radius 2 is 1.72 bits per heavy atom. The van der Waals surface area contributed by atoms with Gasteiger partial charge in [-0.1, -0.05) is 11.6 Å². The number of anilines is 1. The lowest BCUT2D eigenvalue weighted by atomic mass is 10.0. The first-order valence-electron chi connectivity index (χ1n) is 9.06. The summed E-state index contributed by atoms with van der Waals surface area (Å²) in [5.41, 5.74) is 0.000630. The van der Waals surface area contributed by atoms with E-state index in [4.69, 9.17) is 11.6 Å². The maximum atomic E-state index is 13.1. The van der Waals surface area contributed by atoms with Crippen LogP contribution in [0.25, 0.3) is 0 Å². The summed E-state index contributed by atoms with van der Waals surface area (Å²) in [4.78, 5) is 32.6. The van der Waals surface area contributed by atoms with Crippen LogP contribution in [0.5, 0.6) is 0 Å². The van der Waals surface area contributed by atoms with E-state index in [1.54, 1.807) is 52.2 Å². The molecule has 0 spiro atoms. The van der Waals surface area contributed by atoms with E-state index in [2.05, 4.69) is 4.98 Å². The first-order valence-corrected chi connectivity index (χ1v) is 11.0.